The van der Waals surface area contributed by atoms with Crippen molar-refractivity contribution in [2.45, 2.75) is 24.8 Å². The molecule has 1 atom stereocenters. The van der Waals surface area contributed by atoms with Gasteiger partial charge >= 0.3 is 5.97 Å². The van der Waals surface area contributed by atoms with E-state index in [2.05, 4.69) is 4.72 Å². The summed E-state index contributed by atoms with van der Waals surface area (Å²) in [5, 5.41) is 0. The van der Waals surface area contributed by atoms with Crippen LogP contribution in [0.15, 0.2) is 71.1 Å². The first-order chi connectivity index (χ1) is 11.9. The molecule has 0 aliphatic carbocycles. The number of carbonyl (C=O) groups is 1. The summed E-state index contributed by atoms with van der Waals surface area (Å²) in [6.45, 7) is 3.55. The summed E-state index contributed by atoms with van der Waals surface area (Å²) in [6.07, 6.45) is 1.56. The molecule has 1 N–H and O–H groups in total. The average molecular weight is 359 g/mol. The van der Waals surface area contributed by atoms with Gasteiger partial charge in [-0.1, -0.05) is 54.1 Å². The van der Waals surface area contributed by atoms with Crippen LogP contribution in [0.3, 0.4) is 0 Å². The second kappa shape index (κ2) is 8.09. The predicted molar refractivity (Wildman–Crippen MR) is 96.5 cm³/mol. The Hall–Kier alpha value is -2.44. The molecule has 0 radical (unpaired) electrons. The number of aryl methyl sites for hydroxylation is 1. The predicted octanol–water partition coefficient (Wildman–Crippen LogP) is 3.13. The third-order valence-electron chi connectivity index (χ3n) is 3.78. The first kappa shape index (κ1) is 18.9. The Morgan fingerprint density at radius 1 is 1.08 bits per heavy atom. The number of hydrogen-bond acceptors (Lipinski definition) is 4. The minimum absolute atomic E-state index is 0.138. The van der Waals surface area contributed by atoms with E-state index in [9.17, 15) is 13.2 Å². The highest BCUT2D eigenvalue weighted by molar-refractivity contribution is 7.89. The molecule has 0 fully saturated rings. The first-order valence-corrected chi connectivity index (χ1v) is 9.26. The van der Waals surface area contributed by atoms with Crippen LogP contribution in [-0.2, 0) is 19.6 Å². The fourth-order valence-corrected chi connectivity index (χ4v) is 3.62. The van der Waals surface area contributed by atoms with E-state index in [1.54, 1.807) is 49.4 Å². The zero-order valence-electron chi connectivity index (χ0n) is 14.4. The van der Waals surface area contributed by atoms with Crippen molar-refractivity contribution in [3.63, 3.8) is 0 Å². The maximum absolute atomic E-state index is 12.8. The summed E-state index contributed by atoms with van der Waals surface area (Å²) in [7, 11) is -2.55. The summed E-state index contributed by atoms with van der Waals surface area (Å²) in [5.74, 6) is -0.581. The van der Waals surface area contributed by atoms with Crippen molar-refractivity contribution in [3.8, 4) is 0 Å². The first-order valence-electron chi connectivity index (χ1n) is 7.77. The molecule has 2 rings (SSSR count). The van der Waals surface area contributed by atoms with E-state index in [-0.39, 0.29) is 10.5 Å². The normalized spacial score (nSPS) is 13.3. The molecule has 132 valence electrons. The van der Waals surface area contributed by atoms with E-state index in [0.29, 0.717) is 5.56 Å². The van der Waals surface area contributed by atoms with E-state index in [1.807, 2.05) is 13.0 Å². The van der Waals surface area contributed by atoms with Gasteiger partial charge < -0.3 is 4.74 Å². The van der Waals surface area contributed by atoms with Crippen LogP contribution in [0.5, 0.6) is 0 Å². The monoisotopic (exact) mass is 359 g/mol. The summed E-state index contributed by atoms with van der Waals surface area (Å²) in [4.78, 5) is 12.2. The molecule has 5 nitrogen and oxygen atoms in total. The Kier molecular flexibility index (Phi) is 6.12. The molecule has 2 aromatic rings. The van der Waals surface area contributed by atoms with Crippen molar-refractivity contribution in [2.75, 3.05) is 7.11 Å². The highest BCUT2D eigenvalue weighted by Gasteiger charge is 2.28. The minimum atomic E-state index is -3.82. The molecule has 0 aliphatic heterocycles. The molecule has 0 saturated carbocycles. The van der Waals surface area contributed by atoms with E-state index in [1.165, 1.54) is 19.2 Å². The molecule has 0 bridgehead atoms. The van der Waals surface area contributed by atoms with Crippen LogP contribution in [0, 0.1) is 6.92 Å². The van der Waals surface area contributed by atoms with Gasteiger partial charge in [-0.15, -0.1) is 0 Å². The fraction of sp³-hybridized carbons (Fsp3) is 0.211. The van der Waals surface area contributed by atoms with Gasteiger partial charge in [-0.25, -0.2) is 13.2 Å². The van der Waals surface area contributed by atoms with Crippen molar-refractivity contribution < 1.29 is 17.9 Å². The van der Waals surface area contributed by atoms with Gasteiger partial charge in [0.2, 0.25) is 10.0 Å². The van der Waals surface area contributed by atoms with Crippen molar-refractivity contribution in [1.82, 2.24) is 4.72 Å². The topological polar surface area (TPSA) is 72.5 Å². The Labute approximate surface area is 148 Å². The van der Waals surface area contributed by atoms with Crippen LogP contribution in [0.4, 0.5) is 0 Å². The zero-order valence-corrected chi connectivity index (χ0v) is 15.2. The van der Waals surface area contributed by atoms with Gasteiger partial charge in [0.05, 0.1) is 23.6 Å². The summed E-state index contributed by atoms with van der Waals surface area (Å²) in [6, 6.07) is 14.6. The van der Waals surface area contributed by atoms with E-state index < -0.39 is 22.0 Å². The number of nitrogens with one attached hydrogen (secondary N) is 1. The lowest BCUT2D eigenvalue weighted by atomic mass is 9.99. The van der Waals surface area contributed by atoms with E-state index in [4.69, 9.17) is 4.74 Å². The van der Waals surface area contributed by atoms with Crippen LogP contribution >= 0.6 is 0 Å². The molecule has 2 aromatic carbocycles. The summed E-state index contributed by atoms with van der Waals surface area (Å²) < 4.78 is 33.0. The maximum atomic E-state index is 12.8. The number of benzene rings is 2. The average Bonchev–Trinajstić information content (AvgIpc) is 2.62. The Balaban J connectivity index is 2.46. The zero-order chi connectivity index (χ0) is 18.4. The third kappa shape index (κ3) is 4.55. The molecule has 0 aromatic heterocycles. The number of sulfonamides is 1. The lowest BCUT2D eigenvalue weighted by Crippen LogP contribution is -2.32. The molecule has 0 amide bonds. The molecule has 1 unspecified atom stereocenters. The molecule has 0 heterocycles. The summed E-state index contributed by atoms with van der Waals surface area (Å²) in [5.41, 5.74) is 1.84. The number of ether oxygens (including phenoxy) is 1. The Bertz CT molecular complexity index is 856. The standard InChI is InChI=1S/C19H21NO4S/c1-4-17(19(21)24-3)18(15-8-6-5-7-9-15)20-25(22,23)16-12-10-14(2)11-13-16/h4-13,18,20H,1-3H3. The van der Waals surface area contributed by atoms with Crippen molar-refractivity contribution in [2.24, 2.45) is 0 Å². The largest absolute Gasteiger partial charge is 0.466 e. The number of esters is 1. The number of rotatable bonds is 6. The van der Waals surface area contributed by atoms with Crippen LogP contribution in [0.1, 0.15) is 24.1 Å². The lowest BCUT2D eigenvalue weighted by molar-refractivity contribution is -0.136. The van der Waals surface area contributed by atoms with Crippen molar-refractivity contribution in [3.05, 3.63) is 77.4 Å². The highest BCUT2D eigenvalue weighted by Crippen LogP contribution is 2.25. The molecular formula is C19H21NO4S. The third-order valence-corrected chi connectivity index (χ3v) is 5.22. The Morgan fingerprint density at radius 2 is 1.68 bits per heavy atom. The SMILES string of the molecule is CC=C(C(=O)OC)C(NS(=O)(=O)c1ccc(C)cc1)c1ccccc1. The second-order valence-corrected chi connectivity index (χ2v) is 7.23. The number of allylic oxidation sites excluding steroid dienone is 1. The Morgan fingerprint density at radius 3 is 2.20 bits per heavy atom. The van der Waals surface area contributed by atoms with Gasteiger partial charge in [-0.2, -0.15) is 4.72 Å². The van der Waals surface area contributed by atoms with Gasteiger partial charge in [0.15, 0.2) is 0 Å². The van der Waals surface area contributed by atoms with Crippen LogP contribution in [0.25, 0.3) is 0 Å². The van der Waals surface area contributed by atoms with Crippen molar-refractivity contribution >= 4 is 16.0 Å². The van der Waals surface area contributed by atoms with E-state index in [0.717, 1.165) is 5.56 Å². The van der Waals surface area contributed by atoms with Crippen LogP contribution < -0.4 is 4.72 Å². The van der Waals surface area contributed by atoms with Crippen LogP contribution in [-0.4, -0.2) is 21.5 Å². The number of methoxy groups -OCH3 is 1. The molecule has 0 spiro atoms. The van der Waals surface area contributed by atoms with Gasteiger partial charge in [0.1, 0.15) is 0 Å². The minimum Gasteiger partial charge on any atom is -0.466 e. The number of hydrogen-bond donors (Lipinski definition) is 1. The van der Waals surface area contributed by atoms with Crippen LogP contribution in [0.2, 0.25) is 0 Å². The van der Waals surface area contributed by atoms with Gasteiger partial charge in [0.25, 0.3) is 0 Å². The quantitative estimate of drug-likeness (QED) is 0.635. The van der Waals surface area contributed by atoms with E-state index >= 15 is 0 Å². The molecular weight excluding hydrogens is 338 g/mol. The maximum Gasteiger partial charge on any atom is 0.335 e. The van der Waals surface area contributed by atoms with Crippen molar-refractivity contribution in [1.29, 1.82) is 0 Å². The van der Waals surface area contributed by atoms with Gasteiger partial charge in [0, 0.05) is 0 Å². The molecule has 0 saturated heterocycles. The van der Waals surface area contributed by atoms with Gasteiger partial charge in [-0.05, 0) is 31.5 Å². The second-order valence-electron chi connectivity index (χ2n) is 5.51. The fourth-order valence-electron chi connectivity index (χ4n) is 2.42. The molecule has 6 heteroatoms. The van der Waals surface area contributed by atoms with Gasteiger partial charge in [-0.3, -0.25) is 0 Å². The number of carbonyl (C=O) groups excluding carboxylic acids is 1. The smallest absolute Gasteiger partial charge is 0.335 e. The molecule has 25 heavy (non-hydrogen) atoms. The summed E-state index contributed by atoms with van der Waals surface area (Å²) >= 11 is 0. The lowest BCUT2D eigenvalue weighted by Gasteiger charge is -2.21. The molecule has 0 aliphatic rings. The highest BCUT2D eigenvalue weighted by atomic mass is 32.2.